The molecule has 8 rings (SSSR count). The molecule has 2 N–H and O–H groups in total. The molecule has 2 aromatic carbocycles. The number of aromatic amines is 2. The Balaban J connectivity index is 0.000000172. The number of carbonyl (C=O) groups is 2. The van der Waals surface area contributed by atoms with Gasteiger partial charge in [-0.25, -0.2) is 18.7 Å². The van der Waals surface area contributed by atoms with E-state index in [0.717, 1.165) is 11.1 Å². The maximum atomic E-state index is 14.3. The Kier molecular flexibility index (Phi) is 11.2. The summed E-state index contributed by atoms with van der Waals surface area (Å²) in [6.45, 7) is 7.09. The fourth-order valence-electron chi connectivity index (χ4n) is 7.54. The number of carbonyl (C=O) groups excluding carboxylic acids is 2. The molecular weight excluding hydrogens is 740 g/mol. The van der Waals surface area contributed by atoms with Crippen LogP contribution in [0.15, 0.2) is 46.0 Å². The van der Waals surface area contributed by atoms with Crippen LogP contribution in [0, 0.1) is 23.3 Å². The van der Waals surface area contributed by atoms with Crippen molar-refractivity contribution in [2.75, 3.05) is 72.2 Å². The quantitative estimate of drug-likeness (QED) is 0.279. The molecule has 0 saturated carbocycles. The minimum Gasteiger partial charge on any atom is -0.378 e. The molecule has 18 heteroatoms. The van der Waals surface area contributed by atoms with Crippen LogP contribution in [-0.2, 0) is 44.7 Å². The molecule has 2 unspecified atom stereocenters. The number of nitrogens with one attached hydrogen (secondary N) is 2. The molecule has 2 aromatic heterocycles. The van der Waals surface area contributed by atoms with E-state index in [9.17, 15) is 36.7 Å². The SMILES string of the molecule is CC1Cc2cc(F)ccc2N1C(=O)Cc1nc(N2CCOCC2)c(F)c(=O)[nH]1.CC1Cc2cc(F)ccc2N1C(=O)Cc1nc(N2CCOCC2)c(F)c(=O)[nH]1. The highest BCUT2D eigenvalue weighted by molar-refractivity contribution is 5.98. The fourth-order valence-corrected chi connectivity index (χ4v) is 7.54. The maximum Gasteiger partial charge on any atom is 0.289 e. The molecule has 2 amide bonds. The van der Waals surface area contributed by atoms with E-state index in [2.05, 4.69) is 19.9 Å². The lowest BCUT2D eigenvalue weighted by Crippen LogP contribution is -2.40. The number of halogens is 4. The number of ether oxygens (including phenoxy) is 2. The zero-order valence-corrected chi connectivity index (χ0v) is 30.7. The van der Waals surface area contributed by atoms with Crippen molar-refractivity contribution in [3.05, 3.63) is 103 Å². The predicted molar refractivity (Wildman–Crippen MR) is 197 cm³/mol. The number of nitrogens with zero attached hydrogens (tertiary/aromatic N) is 6. The van der Waals surface area contributed by atoms with Crippen molar-refractivity contribution in [3.8, 4) is 0 Å². The lowest BCUT2D eigenvalue weighted by Gasteiger charge is -2.28. The van der Waals surface area contributed by atoms with E-state index in [1.807, 2.05) is 13.8 Å². The third kappa shape index (κ3) is 8.02. The lowest BCUT2D eigenvalue weighted by atomic mass is 10.1. The number of morpholine rings is 2. The molecule has 2 atom stereocenters. The maximum absolute atomic E-state index is 14.3. The van der Waals surface area contributed by atoms with E-state index >= 15 is 0 Å². The van der Waals surface area contributed by atoms with Gasteiger partial charge in [0.1, 0.15) is 23.3 Å². The molecule has 4 aliphatic heterocycles. The Hall–Kier alpha value is -5.62. The van der Waals surface area contributed by atoms with Gasteiger partial charge in [-0.05, 0) is 74.2 Å². The number of hydrogen-bond donors (Lipinski definition) is 2. The average molecular weight is 781 g/mol. The van der Waals surface area contributed by atoms with Crippen molar-refractivity contribution in [2.45, 2.75) is 51.6 Å². The highest BCUT2D eigenvalue weighted by atomic mass is 19.1. The van der Waals surface area contributed by atoms with Gasteiger partial charge < -0.3 is 39.0 Å². The van der Waals surface area contributed by atoms with Crippen LogP contribution in [0.2, 0.25) is 0 Å². The van der Waals surface area contributed by atoms with Gasteiger partial charge in [0, 0.05) is 49.6 Å². The number of fused-ring (bicyclic) bond motifs is 2. The Morgan fingerprint density at radius 2 is 1.04 bits per heavy atom. The second-order valence-electron chi connectivity index (χ2n) is 14.0. The molecule has 296 valence electrons. The highest BCUT2D eigenvalue weighted by Crippen LogP contribution is 2.34. The van der Waals surface area contributed by atoms with Crippen molar-refractivity contribution < 1.29 is 36.6 Å². The number of rotatable bonds is 6. The number of anilines is 4. The number of benzene rings is 2. The Bertz CT molecular complexity index is 2100. The molecule has 56 heavy (non-hydrogen) atoms. The summed E-state index contributed by atoms with van der Waals surface area (Å²) in [6, 6.07) is 8.34. The van der Waals surface area contributed by atoms with Crippen LogP contribution in [0.25, 0.3) is 0 Å². The first-order chi connectivity index (χ1) is 26.9. The molecule has 0 spiro atoms. The van der Waals surface area contributed by atoms with E-state index < -0.39 is 22.8 Å². The predicted octanol–water partition coefficient (Wildman–Crippen LogP) is 2.81. The summed E-state index contributed by atoms with van der Waals surface area (Å²) in [4.78, 5) is 69.3. The minimum absolute atomic E-state index is 0.0632. The smallest absolute Gasteiger partial charge is 0.289 e. The Morgan fingerprint density at radius 1 is 0.661 bits per heavy atom. The van der Waals surface area contributed by atoms with Crippen molar-refractivity contribution in [1.29, 1.82) is 0 Å². The third-order valence-corrected chi connectivity index (χ3v) is 10.1. The molecule has 6 heterocycles. The molecule has 0 radical (unpaired) electrons. The molecule has 2 saturated heterocycles. The van der Waals surface area contributed by atoms with Gasteiger partial charge in [-0.1, -0.05) is 0 Å². The standard InChI is InChI=1S/2C19H20F2N4O3/c2*1-11-8-12-9-13(20)2-3-14(12)25(11)16(26)10-15-22-18(17(21)19(27)23-15)24-4-6-28-7-5-24/h2*2-3,9,11H,4-8,10H2,1H3,(H,22,23,27). The molecule has 0 bridgehead atoms. The normalized spacial score (nSPS) is 19.0. The zero-order chi connectivity index (χ0) is 39.7. The van der Waals surface area contributed by atoms with E-state index in [1.165, 1.54) is 24.3 Å². The number of amides is 2. The fraction of sp³-hybridized carbons (Fsp3) is 0.421. The number of hydrogen-bond acceptors (Lipinski definition) is 10. The summed E-state index contributed by atoms with van der Waals surface area (Å²) < 4.78 is 66.0. The van der Waals surface area contributed by atoms with Gasteiger partial charge in [0.2, 0.25) is 23.4 Å². The first-order valence-corrected chi connectivity index (χ1v) is 18.3. The first kappa shape index (κ1) is 38.6. The highest BCUT2D eigenvalue weighted by Gasteiger charge is 2.33. The average Bonchev–Trinajstić information content (AvgIpc) is 3.69. The topological polar surface area (TPSA) is 157 Å². The molecule has 4 aromatic rings. The van der Waals surface area contributed by atoms with Crippen LogP contribution in [0.4, 0.5) is 40.6 Å². The van der Waals surface area contributed by atoms with Gasteiger partial charge in [-0.15, -0.1) is 0 Å². The van der Waals surface area contributed by atoms with Crippen molar-refractivity contribution in [1.82, 2.24) is 19.9 Å². The second kappa shape index (κ2) is 16.2. The van der Waals surface area contributed by atoms with Gasteiger partial charge in [-0.3, -0.25) is 19.2 Å². The van der Waals surface area contributed by atoms with Crippen molar-refractivity contribution in [2.24, 2.45) is 0 Å². The van der Waals surface area contributed by atoms with E-state index in [1.54, 1.807) is 31.7 Å². The summed E-state index contributed by atoms with van der Waals surface area (Å²) in [7, 11) is 0. The largest absolute Gasteiger partial charge is 0.378 e. The van der Waals surface area contributed by atoms with Crippen LogP contribution in [0.3, 0.4) is 0 Å². The minimum atomic E-state index is -0.964. The van der Waals surface area contributed by atoms with Crippen LogP contribution in [0.5, 0.6) is 0 Å². The summed E-state index contributed by atoms with van der Waals surface area (Å²) in [5, 5.41) is 0. The monoisotopic (exact) mass is 780 g/mol. The third-order valence-electron chi connectivity index (χ3n) is 10.1. The number of H-pyrrole nitrogens is 2. The van der Waals surface area contributed by atoms with Gasteiger partial charge in [0.15, 0.2) is 11.6 Å². The molecule has 0 aliphatic carbocycles. The van der Waals surface area contributed by atoms with Gasteiger partial charge in [0.05, 0.1) is 39.3 Å². The van der Waals surface area contributed by atoms with Crippen molar-refractivity contribution >= 4 is 34.8 Å². The first-order valence-electron chi connectivity index (χ1n) is 18.3. The summed E-state index contributed by atoms with van der Waals surface area (Å²) in [5.41, 5.74) is 1.01. The van der Waals surface area contributed by atoms with Crippen LogP contribution in [-0.4, -0.2) is 96.4 Å². The molecule has 14 nitrogen and oxygen atoms in total. The summed E-state index contributed by atoms with van der Waals surface area (Å²) >= 11 is 0. The van der Waals surface area contributed by atoms with E-state index in [4.69, 9.17) is 9.47 Å². The molecular formula is C38H40F4N8O6. The molecule has 2 fully saturated rings. The Labute approximate surface area is 318 Å². The van der Waals surface area contributed by atoms with Gasteiger partial charge in [0.25, 0.3) is 11.1 Å². The Morgan fingerprint density at radius 3 is 1.41 bits per heavy atom. The lowest BCUT2D eigenvalue weighted by molar-refractivity contribution is -0.119. The van der Waals surface area contributed by atoms with Crippen LogP contribution >= 0.6 is 0 Å². The van der Waals surface area contributed by atoms with Crippen LogP contribution < -0.4 is 30.7 Å². The number of aromatic nitrogens is 4. The van der Waals surface area contributed by atoms with E-state index in [-0.39, 0.29) is 71.7 Å². The summed E-state index contributed by atoms with van der Waals surface area (Å²) in [5.74, 6) is -3.14. The van der Waals surface area contributed by atoms with Crippen molar-refractivity contribution in [3.63, 3.8) is 0 Å². The van der Waals surface area contributed by atoms with Crippen LogP contribution in [0.1, 0.15) is 36.6 Å². The zero-order valence-electron chi connectivity index (χ0n) is 30.7. The molecule has 4 aliphatic rings. The van der Waals surface area contributed by atoms with Gasteiger partial charge in [-0.2, -0.15) is 8.78 Å². The summed E-state index contributed by atoms with van der Waals surface area (Å²) in [6.07, 6.45) is 0.721. The van der Waals surface area contributed by atoms with Gasteiger partial charge >= 0.3 is 0 Å². The second-order valence-corrected chi connectivity index (χ2v) is 14.0. The van der Waals surface area contributed by atoms with E-state index in [0.29, 0.717) is 76.8 Å².